The number of aliphatic carboxylic acids is 1. The smallest absolute Gasteiger partial charge is 0.327 e. The molecule has 1 aromatic rings. The molecule has 3 N–H and O–H groups in total. The van der Waals surface area contributed by atoms with Crippen molar-refractivity contribution in [2.24, 2.45) is 0 Å². The summed E-state index contributed by atoms with van der Waals surface area (Å²) in [5.74, 6) is -1.36. The van der Waals surface area contributed by atoms with E-state index in [1.54, 1.807) is 11.3 Å². The van der Waals surface area contributed by atoms with Gasteiger partial charge in [0.25, 0.3) is 0 Å². The summed E-state index contributed by atoms with van der Waals surface area (Å²) in [4.78, 5) is 23.2. The number of thiophene rings is 1. The summed E-state index contributed by atoms with van der Waals surface area (Å²) in [6.45, 7) is 3.63. The number of hydrogen-bond donors (Lipinski definition) is 3. The van der Waals surface area contributed by atoms with Crippen molar-refractivity contribution in [2.45, 2.75) is 38.8 Å². The highest BCUT2D eigenvalue weighted by Crippen LogP contribution is 2.22. The molecule has 5 nitrogen and oxygen atoms in total. The zero-order valence-corrected chi connectivity index (χ0v) is 12.0. The Labute approximate surface area is 117 Å². The molecular formula is C13H20N2O3S. The summed E-state index contributed by atoms with van der Waals surface area (Å²) in [7, 11) is 0. The van der Waals surface area contributed by atoms with Crippen LogP contribution in [0.1, 0.15) is 37.6 Å². The van der Waals surface area contributed by atoms with E-state index in [2.05, 4.69) is 17.6 Å². The highest BCUT2D eigenvalue weighted by atomic mass is 32.1. The Hall–Kier alpha value is -1.40. The summed E-state index contributed by atoms with van der Waals surface area (Å²) in [5.41, 5.74) is 0. The molecule has 0 fully saturated rings. The van der Waals surface area contributed by atoms with Crippen LogP contribution in [0, 0.1) is 0 Å². The molecule has 1 amide bonds. The van der Waals surface area contributed by atoms with Gasteiger partial charge in [0.1, 0.15) is 6.04 Å². The topological polar surface area (TPSA) is 78.4 Å². The molecule has 106 valence electrons. The minimum Gasteiger partial charge on any atom is -0.480 e. The van der Waals surface area contributed by atoms with E-state index in [9.17, 15) is 9.59 Å². The van der Waals surface area contributed by atoms with Crippen LogP contribution in [0.15, 0.2) is 17.5 Å². The largest absolute Gasteiger partial charge is 0.480 e. The van der Waals surface area contributed by atoms with E-state index < -0.39 is 12.0 Å². The van der Waals surface area contributed by atoms with Gasteiger partial charge in [0.05, 0.1) is 0 Å². The van der Waals surface area contributed by atoms with Crippen molar-refractivity contribution in [1.82, 2.24) is 10.6 Å². The SMILES string of the molecule is CCCC(NCC(NC(C)=O)C(=O)O)c1cccs1. The monoisotopic (exact) mass is 284 g/mol. The molecule has 0 saturated heterocycles. The van der Waals surface area contributed by atoms with E-state index in [1.807, 2.05) is 17.5 Å². The number of carbonyl (C=O) groups is 2. The minimum atomic E-state index is -1.02. The second-order valence-corrected chi connectivity index (χ2v) is 5.34. The number of carboxylic acids is 1. The second kappa shape index (κ2) is 7.91. The average Bonchev–Trinajstić information content (AvgIpc) is 2.85. The highest BCUT2D eigenvalue weighted by Gasteiger charge is 2.20. The standard InChI is InChI=1S/C13H20N2O3S/c1-3-5-10(12-6-4-7-19-12)14-8-11(13(17)18)15-9(2)16/h4,6-7,10-11,14H,3,5,8H2,1-2H3,(H,15,16)(H,17,18). The third-order valence-electron chi connectivity index (χ3n) is 2.71. The number of rotatable bonds is 8. The molecule has 1 rings (SSSR count). The van der Waals surface area contributed by atoms with Gasteiger partial charge in [-0.2, -0.15) is 0 Å². The van der Waals surface area contributed by atoms with Crippen molar-refractivity contribution >= 4 is 23.2 Å². The van der Waals surface area contributed by atoms with Gasteiger partial charge in [-0.05, 0) is 17.9 Å². The van der Waals surface area contributed by atoms with E-state index in [0.29, 0.717) is 0 Å². The molecule has 0 radical (unpaired) electrons. The Kier molecular flexibility index (Phi) is 6.52. The molecule has 2 atom stereocenters. The third kappa shape index (κ3) is 5.40. The second-order valence-electron chi connectivity index (χ2n) is 4.36. The van der Waals surface area contributed by atoms with E-state index in [0.717, 1.165) is 12.8 Å². The minimum absolute atomic E-state index is 0.139. The molecule has 0 bridgehead atoms. The van der Waals surface area contributed by atoms with E-state index in [-0.39, 0.29) is 18.5 Å². The maximum atomic E-state index is 11.0. The molecule has 0 aliphatic rings. The van der Waals surface area contributed by atoms with Crippen LogP contribution >= 0.6 is 11.3 Å². The first-order valence-corrected chi connectivity index (χ1v) is 7.19. The fraction of sp³-hybridized carbons (Fsp3) is 0.538. The van der Waals surface area contributed by atoms with E-state index >= 15 is 0 Å². The highest BCUT2D eigenvalue weighted by molar-refractivity contribution is 7.10. The predicted molar refractivity (Wildman–Crippen MR) is 75.2 cm³/mol. The van der Waals surface area contributed by atoms with Crippen LogP contribution < -0.4 is 10.6 Å². The number of nitrogens with one attached hydrogen (secondary N) is 2. The Bertz CT molecular complexity index is 406. The molecule has 0 spiro atoms. The predicted octanol–water partition coefficient (Wildman–Crippen LogP) is 1.77. The molecule has 0 saturated carbocycles. The van der Waals surface area contributed by atoms with Gasteiger partial charge in [0.15, 0.2) is 0 Å². The lowest BCUT2D eigenvalue weighted by Crippen LogP contribution is -2.47. The van der Waals surface area contributed by atoms with Crippen molar-refractivity contribution in [3.8, 4) is 0 Å². The zero-order chi connectivity index (χ0) is 14.3. The van der Waals surface area contributed by atoms with Crippen LogP contribution in [0.2, 0.25) is 0 Å². The molecule has 0 aromatic carbocycles. The summed E-state index contributed by atoms with van der Waals surface area (Å²) in [6.07, 6.45) is 1.94. The van der Waals surface area contributed by atoms with Crippen molar-refractivity contribution < 1.29 is 14.7 Å². The van der Waals surface area contributed by atoms with Gasteiger partial charge >= 0.3 is 5.97 Å². The molecule has 2 unspecified atom stereocenters. The Morgan fingerprint density at radius 1 is 1.47 bits per heavy atom. The number of carbonyl (C=O) groups excluding carboxylic acids is 1. The number of carboxylic acid groups (broad SMARTS) is 1. The van der Waals surface area contributed by atoms with Crippen molar-refractivity contribution in [3.63, 3.8) is 0 Å². The molecular weight excluding hydrogens is 264 g/mol. The summed E-state index contributed by atoms with van der Waals surface area (Å²) in [5, 5.41) is 16.7. The lowest BCUT2D eigenvalue weighted by Gasteiger charge is -2.20. The molecule has 1 heterocycles. The first kappa shape index (κ1) is 15.7. The van der Waals surface area contributed by atoms with Crippen LogP contribution in [0.4, 0.5) is 0 Å². The van der Waals surface area contributed by atoms with Gasteiger partial charge < -0.3 is 15.7 Å². The summed E-state index contributed by atoms with van der Waals surface area (Å²) < 4.78 is 0. The van der Waals surface area contributed by atoms with E-state index in [1.165, 1.54) is 11.8 Å². The average molecular weight is 284 g/mol. The molecule has 0 aliphatic heterocycles. The summed E-state index contributed by atoms with van der Waals surface area (Å²) >= 11 is 1.65. The Morgan fingerprint density at radius 2 is 2.21 bits per heavy atom. The molecule has 6 heteroatoms. The maximum absolute atomic E-state index is 11.0. The number of hydrogen-bond acceptors (Lipinski definition) is 4. The van der Waals surface area contributed by atoms with Crippen LogP contribution in [-0.2, 0) is 9.59 Å². The normalized spacial score (nSPS) is 13.8. The van der Waals surface area contributed by atoms with Gasteiger partial charge in [-0.15, -0.1) is 11.3 Å². The van der Waals surface area contributed by atoms with Gasteiger partial charge in [-0.1, -0.05) is 19.4 Å². The third-order valence-corrected chi connectivity index (χ3v) is 3.69. The Balaban J connectivity index is 2.59. The fourth-order valence-electron chi connectivity index (χ4n) is 1.83. The van der Waals surface area contributed by atoms with Gasteiger partial charge in [-0.25, -0.2) is 4.79 Å². The van der Waals surface area contributed by atoms with Crippen LogP contribution in [0.3, 0.4) is 0 Å². The quantitative estimate of drug-likeness (QED) is 0.680. The first-order valence-electron chi connectivity index (χ1n) is 6.31. The van der Waals surface area contributed by atoms with Crippen LogP contribution in [-0.4, -0.2) is 29.6 Å². The van der Waals surface area contributed by atoms with E-state index in [4.69, 9.17) is 5.11 Å². The van der Waals surface area contributed by atoms with Gasteiger partial charge in [-0.3, -0.25) is 4.79 Å². The van der Waals surface area contributed by atoms with Crippen molar-refractivity contribution in [2.75, 3.05) is 6.54 Å². The van der Waals surface area contributed by atoms with Crippen LogP contribution in [0.25, 0.3) is 0 Å². The van der Waals surface area contributed by atoms with Crippen molar-refractivity contribution in [1.29, 1.82) is 0 Å². The lowest BCUT2D eigenvalue weighted by molar-refractivity contribution is -0.141. The molecule has 0 aliphatic carbocycles. The lowest BCUT2D eigenvalue weighted by atomic mass is 10.1. The van der Waals surface area contributed by atoms with Gasteiger partial charge in [0, 0.05) is 24.4 Å². The maximum Gasteiger partial charge on any atom is 0.327 e. The zero-order valence-electron chi connectivity index (χ0n) is 11.2. The summed E-state index contributed by atoms with van der Waals surface area (Å²) in [6, 6.07) is 3.26. The molecule has 1 aromatic heterocycles. The first-order chi connectivity index (χ1) is 9.04. The molecule has 19 heavy (non-hydrogen) atoms. The van der Waals surface area contributed by atoms with Crippen molar-refractivity contribution in [3.05, 3.63) is 22.4 Å². The van der Waals surface area contributed by atoms with Gasteiger partial charge in [0.2, 0.25) is 5.91 Å². The fourth-order valence-corrected chi connectivity index (χ4v) is 2.67. The van der Waals surface area contributed by atoms with Crippen LogP contribution in [0.5, 0.6) is 0 Å². The number of amides is 1. The Morgan fingerprint density at radius 3 is 2.68 bits per heavy atom.